The van der Waals surface area contributed by atoms with E-state index in [1.54, 1.807) is 0 Å². The van der Waals surface area contributed by atoms with Gasteiger partial charge in [-0.2, -0.15) is 0 Å². The van der Waals surface area contributed by atoms with Gasteiger partial charge >= 0.3 is 0 Å². The maximum atomic E-state index is 12.6. The lowest BCUT2D eigenvalue weighted by molar-refractivity contribution is 0.0673. The molecule has 1 aromatic carbocycles. The van der Waals surface area contributed by atoms with Crippen LogP contribution in [0.1, 0.15) is 44.0 Å². The third-order valence-corrected chi connectivity index (χ3v) is 4.84. The Morgan fingerprint density at radius 2 is 1.71 bits per heavy atom. The normalized spacial score (nSPS) is 18.0. The summed E-state index contributed by atoms with van der Waals surface area (Å²) in [6.45, 7) is 8.32. The minimum absolute atomic E-state index is 0.0420. The fraction of sp³-hybridized carbons (Fsp3) is 0.562. The number of rotatable bonds is 2. The van der Waals surface area contributed by atoms with Crippen LogP contribution in [0.25, 0.3) is 0 Å². The van der Waals surface area contributed by atoms with E-state index in [-0.39, 0.29) is 33.6 Å². The molecule has 5 heteroatoms. The van der Waals surface area contributed by atoms with Crippen molar-refractivity contribution in [3.63, 3.8) is 0 Å². The van der Waals surface area contributed by atoms with Gasteiger partial charge in [0.15, 0.2) is 5.78 Å². The number of phenolic OH excluding ortho intramolecular Hbond substituents is 1. The predicted molar refractivity (Wildman–Crippen MR) is 86.5 cm³/mol. The molecule has 0 saturated carbocycles. The first-order chi connectivity index (χ1) is 9.70. The smallest absolute Gasteiger partial charge is 0.169 e. The number of carbonyl (C=O) groups is 1. The Bertz CT molecular complexity index is 544. The van der Waals surface area contributed by atoms with Crippen LogP contribution in [0.15, 0.2) is 12.1 Å². The molecule has 1 aliphatic rings. The molecule has 0 amide bonds. The molecule has 1 heterocycles. The molecular formula is C16H21Cl2NO2. The van der Waals surface area contributed by atoms with Gasteiger partial charge in [0.05, 0.1) is 15.6 Å². The summed E-state index contributed by atoms with van der Waals surface area (Å²) in [6, 6.07) is 2.80. The lowest BCUT2D eigenvalue weighted by Crippen LogP contribution is -2.47. The van der Waals surface area contributed by atoms with E-state index >= 15 is 0 Å². The summed E-state index contributed by atoms with van der Waals surface area (Å²) in [4.78, 5) is 14.9. The maximum Gasteiger partial charge on any atom is 0.169 e. The topological polar surface area (TPSA) is 40.5 Å². The average Bonchev–Trinajstić information content (AvgIpc) is 2.41. The first-order valence-electron chi connectivity index (χ1n) is 7.17. The van der Waals surface area contributed by atoms with Gasteiger partial charge in [-0.3, -0.25) is 9.69 Å². The van der Waals surface area contributed by atoms with Crippen molar-refractivity contribution in [2.45, 2.75) is 39.2 Å². The minimum Gasteiger partial charge on any atom is -0.507 e. The molecule has 1 aromatic rings. The summed E-state index contributed by atoms with van der Waals surface area (Å²) < 4.78 is 0. The van der Waals surface area contributed by atoms with Gasteiger partial charge in [0.25, 0.3) is 0 Å². The van der Waals surface area contributed by atoms with E-state index in [1.165, 1.54) is 12.1 Å². The number of aromatic hydroxyl groups is 1. The van der Waals surface area contributed by atoms with Gasteiger partial charge in [-0.25, -0.2) is 0 Å². The van der Waals surface area contributed by atoms with Crippen LogP contribution < -0.4 is 0 Å². The van der Waals surface area contributed by atoms with Gasteiger partial charge in [-0.15, -0.1) is 0 Å². The molecule has 116 valence electrons. The highest BCUT2D eigenvalue weighted by Gasteiger charge is 2.31. The van der Waals surface area contributed by atoms with E-state index in [1.807, 2.05) is 0 Å². The molecule has 0 bridgehead atoms. The second-order valence-electron chi connectivity index (χ2n) is 6.58. The Kier molecular flexibility index (Phi) is 4.86. The van der Waals surface area contributed by atoms with Crippen LogP contribution in [0, 0.1) is 5.92 Å². The number of hydrogen-bond donors (Lipinski definition) is 1. The zero-order chi connectivity index (χ0) is 15.8. The Morgan fingerprint density at radius 1 is 1.19 bits per heavy atom. The molecule has 2 rings (SSSR count). The molecule has 1 N–H and O–H groups in total. The number of carbonyl (C=O) groups excluding carboxylic acids is 1. The number of ketones is 1. The molecule has 0 atom stereocenters. The first-order valence-corrected chi connectivity index (χ1v) is 7.93. The summed E-state index contributed by atoms with van der Waals surface area (Å²) in [7, 11) is 0. The third-order valence-electron chi connectivity index (χ3n) is 4.12. The molecule has 0 aliphatic carbocycles. The van der Waals surface area contributed by atoms with E-state index in [2.05, 4.69) is 25.7 Å². The Hall–Kier alpha value is -0.770. The SMILES string of the molecule is CC(C)(C)N1CCC(C(=O)c2cc(Cl)c(Cl)cc2O)CC1. The molecule has 0 unspecified atom stereocenters. The summed E-state index contributed by atoms with van der Waals surface area (Å²) >= 11 is 11.8. The van der Waals surface area contributed by atoms with Crippen LogP contribution in [0.2, 0.25) is 10.0 Å². The lowest BCUT2D eigenvalue weighted by Gasteiger charge is -2.40. The molecule has 1 saturated heterocycles. The largest absolute Gasteiger partial charge is 0.507 e. The first kappa shape index (κ1) is 16.6. The predicted octanol–water partition coefficient (Wildman–Crippen LogP) is 4.39. The molecule has 3 nitrogen and oxygen atoms in total. The average molecular weight is 330 g/mol. The molecular weight excluding hydrogens is 309 g/mol. The number of benzene rings is 1. The Balaban J connectivity index is 2.11. The number of Topliss-reactive ketones (excluding diaryl/α,β-unsaturated/α-hetero) is 1. The molecule has 0 radical (unpaired) electrons. The molecule has 0 spiro atoms. The van der Waals surface area contributed by atoms with Gasteiger partial charge in [-0.1, -0.05) is 23.2 Å². The third kappa shape index (κ3) is 3.71. The highest BCUT2D eigenvalue weighted by atomic mass is 35.5. The van der Waals surface area contributed by atoms with Gasteiger partial charge in [0.1, 0.15) is 5.75 Å². The highest BCUT2D eigenvalue weighted by molar-refractivity contribution is 6.42. The van der Waals surface area contributed by atoms with E-state index < -0.39 is 0 Å². The number of piperidine rings is 1. The summed E-state index contributed by atoms with van der Waals surface area (Å²) in [5, 5.41) is 10.5. The van der Waals surface area contributed by atoms with E-state index in [0.717, 1.165) is 25.9 Å². The van der Waals surface area contributed by atoms with Crippen LogP contribution in [0.4, 0.5) is 0 Å². The van der Waals surface area contributed by atoms with Crippen molar-refractivity contribution in [3.05, 3.63) is 27.7 Å². The second kappa shape index (κ2) is 6.15. The minimum atomic E-state index is -0.0901. The molecule has 0 aromatic heterocycles. The number of hydrogen-bond acceptors (Lipinski definition) is 3. The quantitative estimate of drug-likeness (QED) is 0.818. The number of likely N-dealkylation sites (tertiary alicyclic amines) is 1. The summed E-state index contributed by atoms with van der Waals surface area (Å²) in [6.07, 6.45) is 1.60. The number of nitrogens with zero attached hydrogens (tertiary/aromatic N) is 1. The van der Waals surface area contributed by atoms with Crippen LogP contribution in [-0.4, -0.2) is 34.4 Å². The Morgan fingerprint density at radius 3 is 2.24 bits per heavy atom. The van der Waals surface area contributed by atoms with Crippen LogP contribution >= 0.6 is 23.2 Å². The van der Waals surface area contributed by atoms with Crippen molar-refractivity contribution >= 4 is 29.0 Å². The van der Waals surface area contributed by atoms with Crippen molar-refractivity contribution in [2.24, 2.45) is 5.92 Å². The van der Waals surface area contributed by atoms with E-state index in [4.69, 9.17) is 23.2 Å². The van der Waals surface area contributed by atoms with Crippen molar-refractivity contribution in [1.82, 2.24) is 4.90 Å². The number of halogens is 2. The highest BCUT2D eigenvalue weighted by Crippen LogP contribution is 2.33. The van der Waals surface area contributed by atoms with Crippen molar-refractivity contribution < 1.29 is 9.90 Å². The summed E-state index contributed by atoms with van der Waals surface area (Å²) in [5.41, 5.74) is 0.401. The van der Waals surface area contributed by atoms with Crippen molar-refractivity contribution in [2.75, 3.05) is 13.1 Å². The van der Waals surface area contributed by atoms with Gasteiger partial charge in [0, 0.05) is 17.5 Å². The Labute approximate surface area is 135 Å². The van der Waals surface area contributed by atoms with E-state index in [9.17, 15) is 9.90 Å². The monoisotopic (exact) mass is 329 g/mol. The maximum absolute atomic E-state index is 12.6. The van der Waals surface area contributed by atoms with E-state index in [0.29, 0.717) is 5.02 Å². The zero-order valence-electron chi connectivity index (χ0n) is 12.6. The van der Waals surface area contributed by atoms with Crippen molar-refractivity contribution in [1.29, 1.82) is 0 Å². The van der Waals surface area contributed by atoms with Crippen LogP contribution in [0.5, 0.6) is 5.75 Å². The molecule has 1 fully saturated rings. The number of phenols is 1. The molecule has 1 aliphatic heterocycles. The molecule has 21 heavy (non-hydrogen) atoms. The van der Waals surface area contributed by atoms with Gasteiger partial charge in [-0.05, 0) is 52.8 Å². The fourth-order valence-corrected chi connectivity index (χ4v) is 3.09. The standard InChI is InChI=1S/C16H21Cl2NO2/c1-16(2,3)19-6-4-10(5-7-19)15(21)11-8-12(17)13(18)9-14(11)20/h8-10,20H,4-7H2,1-3H3. The zero-order valence-corrected chi connectivity index (χ0v) is 14.1. The van der Waals surface area contributed by atoms with Crippen LogP contribution in [0.3, 0.4) is 0 Å². The summed E-state index contributed by atoms with van der Waals surface area (Å²) in [5.74, 6) is -0.195. The van der Waals surface area contributed by atoms with Crippen molar-refractivity contribution in [3.8, 4) is 5.75 Å². The lowest BCUT2D eigenvalue weighted by atomic mass is 9.87. The second-order valence-corrected chi connectivity index (χ2v) is 7.39. The van der Waals surface area contributed by atoms with Crippen LogP contribution in [-0.2, 0) is 0 Å². The van der Waals surface area contributed by atoms with Gasteiger partial charge < -0.3 is 5.11 Å². The fourth-order valence-electron chi connectivity index (χ4n) is 2.77. The van der Waals surface area contributed by atoms with Gasteiger partial charge in [0.2, 0.25) is 0 Å².